The SMILES string of the molecule is Cc1ccc(S(=O)(=O)N(C)CC(C)(C)O)cc1C. The summed E-state index contributed by atoms with van der Waals surface area (Å²) >= 11 is 0. The molecule has 0 radical (unpaired) electrons. The van der Waals surface area contributed by atoms with Crippen LogP contribution in [0.1, 0.15) is 25.0 Å². The molecule has 0 bridgehead atoms. The average molecular weight is 271 g/mol. The summed E-state index contributed by atoms with van der Waals surface area (Å²) in [6.45, 7) is 7.04. The molecule has 0 saturated carbocycles. The molecule has 1 aromatic carbocycles. The molecule has 0 saturated heterocycles. The van der Waals surface area contributed by atoms with Crippen LogP contribution in [-0.4, -0.2) is 37.0 Å². The molecule has 0 spiro atoms. The van der Waals surface area contributed by atoms with Crippen LogP contribution < -0.4 is 0 Å². The summed E-state index contributed by atoms with van der Waals surface area (Å²) in [6.07, 6.45) is 0. The van der Waals surface area contributed by atoms with Crippen molar-refractivity contribution in [3.63, 3.8) is 0 Å². The highest BCUT2D eigenvalue weighted by Gasteiger charge is 2.26. The van der Waals surface area contributed by atoms with Gasteiger partial charge in [-0.2, -0.15) is 4.31 Å². The van der Waals surface area contributed by atoms with Crippen LogP contribution in [0.5, 0.6) is 0 Å². The van der Waals surface area contributed by atoms with Gasteiger partial charge < -0.3 is 5.11 Å². The predicted molar refractivity (Wildman–Crippen MR) is 72.0 cm³/mol. The number of hydrogen-bond donors (Lipinski definition) is 1. The second kappa shape index (κ2) is 4.99. The lowest BCUT2D eigenvalue weighted by molar-refractivity contribution is 0.0640. The van der Waals surface area contributed by atoms with E-state index < -0.39 is 15.6 Å². The molecular weight excluding hydrogens is 250 g/mol. The molecule has 1 aromatic rings. The number of aryl methyl sites for hydroxylation is 2. The van der Waals surface area contributed by atoms with Crippen LogP contribution in [0.25, 0.3) is 0 Å². The summed E-state index contributed by atoms with van der Waals surface area (Å²) < 4.78 is 25.8. The van der Waals surface area contributed by atoms with Gasteiger partial charge in [-0.05, 0) is 51.0 Å². The third-order valence-electron chi connectivity index (χ3n) is 2.80. The summed E-state index contributed by atoms with van der Waals surface area (Å²) in [7, 11) is -2.06. The zero-order valence-electron chi connectivity index (χ0n) is 11.6. The maximum atomic E-state index is 12.3. The molecule has 0 atom stereocenters. The van der Waals surface area contributed by atoms with E-state index in [4.69, 9.17) is 0 Å². The van der Waals surface area contributed by atoms with Crippen molar-refractivity contribution >= 4 is 10.0 Å². The Balaban J connectivity index is 3.10. The standard InChI is InChI=1S/C13H21NO3S/c1-10-6-7-12(8-11(10)2)18(16,17)14(5)9-13(3,4)15/h6-8,15H,9H2,1-5H3. The number of aliphatic hydroxyl groups is 1. The van der Waals surface area contributed by atoms with Gasteiger partial charge in [0.05, 0.1) is 10.5 Å². The minimum absolute atomic E-state index is 0.0578. The third-order valence-corrected chi connectivity index (χ3v) is 4.60. The van der Waals surface area contributed by atoms with Gasteiger partial charge in [-0.15, -0.1) is 0 Å². The fourth-order valence-electron chi connectivity index (χ4n) is 1.68. The Labute approximate surface area is 109 Å². The van der Waals surface area contributed by atoms with Crippen LogP contribution >= 0.6 is 0 Å². The fourth-order valence-corrected chi connectivity index (χ4v) is 3.10. The highest BCUT2D eigenvalue weighted by atomic mass is 32.2. The highest BCUT2D eigenvalue weighted by Crippen LogP contribution is 2.19. The van der Waals surface area contributed by atoms with Crippen molar-refractivity contribution < 1.29 is 13.5 Å². The zero-order valence-corrected chi connectivity index (χ0v) is 12.4. The van der Waals surface area contributed by atoms with Crippen molar-refractivity contribution in [1.29, 1.82) is 0 Å². The quantitative estimate of drug-likeness (QED) is 0.906. The van der Waals surface area contributed by atoms with E-state index in [0.717, 1.165) is 11.1 Å². The molecule has 0 aliphatic carbocycles. The highest BCUT2D eigenvalue weighted by molar-refractivity contribution is 7.89. The first-order valence-electron chi connectivity index (χ1n) is 5.80. The Morgan fingerprint density at radius 3 is 2.22 bits per heavy atom. The van der Waals surface area contributed by atoms with Gasteiger partial charge in [0.2, 0.25) is 10.0 Å². The molecule has 0 heterocycles. The molecule has 0 fully saturated rings. The topological polar surface area (TPSA) is 57.6 Å². The smallest absolute Gasteiger partial charge is 0.242 e. The molecule has 1 N–H and O–H groups in total. The lowest BCUT2D eigenvalue weighted by Gasteiger charge is -2.25. The van der Waals surface area contributed by atoms with Crippen LogP contribution in [0.3, 0.4) is 0 Å². The molecule has 0 aliphatic rings. The van der Waals surface area contributed by atoms with Crippen molar-refractivity contribution in [3.8, 4) is 0 Å². The van der Waals surface area contributed by atoms with Crippen molar-refractivity contribution in [2.24, 2.45) is 0 Å². The predicted octanol–water partition coefficient (Wildman–Crippen LogP) is 1.69. The van der Waals surface area contributed by atoms with Gasteiger partial charge in [0, 0.05) is 13.6 Å². The van der Waals surface area contributed by atoms with Crippen LogP contribution in [0.4, 0.5) is 0 Å². The maximum Gasteiger partial charge on any atom is 0.242 e. The summed E-state index contributed by atoms with van der Waals surface area (Å²) in [4.78, 5) is 0.261. The minimum Gasteiger partial charge on any atom is -0.389 e. The number of benzene rings is 1. The van der Waals surface area contributed by atoms with Crippen LogP contribution in [-0.2, 0) is 10.0 Å². The second-order valence-corrected chi connectivity index (χ2v) is 7.36. The van der Waals surface area contributed by atoms with Crippen molar-refractivity contribution in [2.45, 2.75) is 38.2 Å². The average Bonchev–Trinajstić information content (AvgIpc) is 2.19. The van der Waals surface area contributed by atoms with E-state index in [9.17, 15) is 13.5 Å². The first kappa shape index (κ1) is 15.1. The van der Waals surface area contributed by atoms with Crippen molar-refractivity contribution in [3.05, 3.63) is 29.3 Å². The summed E-state index contributed by atoms with van der Waals surface area (Å²) in [6, 6.07) is 5.05. The summed E-state index contributed by atoms with van der Waals surface area (Å²) in [5.74, 6) is 0. The number of hydrogen-bond acceptors (Lipinski definition) is 3. The summed E-state index contributed by atoms with van der Waals surface area (Å²) in [5.41, 5.74) is 0.938. The molecular formula is C13H21NO3S. The Morgan fingerprint density at radius 1 is 1.22 bits per heavy atom. The Hall–Kier alpha value is -0.910. The molecule has 1 rings (SSSR count). The van der Waals surface area contributed by atoms with Gasteiger partial charge in [-0.1, -0.05) is 6.07 Å². The molecule has 5 heteroatoms. The zero-order chi connectivity index (χ0) is 14.1. The number of rotatable bonds is 4. The van der Waals surface area contributed by atoms with E-state index in [2.05, 4.69) is 0 Å². The number of nitrogens with zero attached hydrogens (tertiary/aromatic N) is 1. The van der Waals surface area contributed by atoms with Gasteiger partial charge in [0.25, 0.3) is 0 Å². The van der Waals surface area contributed by atoms with Crippen molar-refractivity contribution in [1.82, 2.24) is 4.31 Å². The third kappa shape index (κ3) is 3.54. The molecule has 18 heavy (non-hydrogen) atoms. The number of sulfonamides is 1. The van der Waals surface area contributed by atoms with E-state index in [0.29, 0.717) is 0 Å². The Morgan fingerprint density at radius 2 is 1.78 bits per heavy atom. The minimum atomic E-state index is -3.54. The van der Waals surface area contributed by atoms with E-state index in [1.165, 1.54) is 11.4 Å². The van der Waals surface area contributed by atoms with Gasteiger partial charge >= 0.3 is 0 Å². The monoisotopic (exact) mass is 271 g/mol. The lowest BCUT2D eigenvalue weighted by atomic mass is 10.1. The van der Waals surface area contributed by atoms with Gasteiger partial charge in [-0.25, -0.2) is 8.42 Å². The largest absolute Gasteiger partial charge is 0.389 e. The van der Waals surface area contributed by atoms with Crippen LogP contribution in [0.2, 0.25) is 0 Å². The Bertz CT molecular complexity index is 530. The molecule has 4 nitrogen and oxygen atoms in total. The molecule has 0 amide bonds. The first-order chi connectivity index (χ1) is 8.04. The Kier molecular flexibility index (Phi) is 4.20. The fraction of sp³-hybridized carbons (Fsp3) is 0.538. The second-order valence-electron chi connectivity index (χ2n) is 5.32. The lowest BCUT2D eigenvalue weighted by Crippen LogP contribution is -2.39. The van der Waals surface area contributed by atoms with Crippen LogP contribution in [0.15, 0.2) is 23.1 Å². The molecule has 0 unspecified atom stereocenters. The first-order valence-corrected chi connectivity index (χ1v) is 7.24. The molecule has 0 aromatic heterocycles. The number of likely N-dealkylation sites (N-methyl/N-ethyl adjacent to an activating group) is 1. The normalized spacial score (nSPS) is 13.1. The molecule has 102 valence electrons. The van der Waals surface area contributed by atoms with E-state index in [1.807, 2.05) is 13.8 Å². The van der Waals surface area contributed by atoms with Gasteiger partial charge in [0.15, 0.2) is 0 Å². The summed E-state index contributed by atoms with van der Waals surface area (Å²) in [5, 5.41) is 9.69. The maximum absolute atomic E-state index is 12.3. The van der Waals surface area contributed by atoms with E-state index in [1.54, 1.807) is 32.0 Å². The van der Waals surface area contributed by atoms with Crippen molar-refractivity contribution in [2.75, 3.05) is 13.6 Å². The van der Waals surface area contributed by atoms with Crippen LogP contribution in [0, 0.1) is 13.8 Å². The van der Waals surface area contributed by atoms with E-state index >= 15 is 0 Å². The van der Waals surface area contributed by atoms with Gasteiger partial charge in [0.1, 0.15) is 0 Å². The molecule has 0 aliphatic heterocycles. The van der Waals surface area contributed by atoms with E-state index in [-0.39, 0.29) is 11.4 Å². The van der Waals surface area contributed by atoms with Gasteiger partial charge in [-0.3, -0.25) is 0 Å².